The summed E-state index contributed by atoms with van der Waals surface area (Å²) in [5, 5.41) is 4.39. The second kappa shape index (κ2) is 8.56. The summed E-state index contributed by atoms with van der Waals surface area (Å²) < 4.78 is 17.8. The Morgan fingerprint density at radius 1 is 1.13 bits per heavy atom. The molecule has 3 aromatic rings. The minimum absolute atomic E-state index is 0.0706. The molecular formula is C21H25N5O4. The highest BCUT2D eigenvalue weighted by Gasteiger charge is 2.29. The summed E-state index contributed by atoms with van der Waals surface area (Å²) in [6.45, 7) is 3.67. The molecule has 4 rings (SSSR count). The fourth-order valence-electron chi connectivity index (χ4n) is 3.87. The molecule has 0 aliphatic carbocycles. The Morgan fingerprint density at radius 2 is 1.90 bits per heavy atom. The Labute approximate surface area is 174 Å². The fraction of sp³-hybridized carbons (Fsp3) is 0.429. The highest BCUT2D eigenvalue weighted by molar-refractivity contribution is 5.79. The van der Waals surface area contributed by atoms with Crippen molar-refractivity contribution in [1.29, 1.82) is 0 Å². The number of ether oxygens (including phenoxy) is 3. The van der Waals surface area contributed by atoms with Crippen LogP contribution in [0.2, 0.25) is 0 Å². The van der Waals surface area contributed by atoms with E-state index in [-0.39, 0.29) is 11.9 Å². The van der Waals surface area contributed by atoms with Crippen molar-refractivity contribution >= 4 is 17.6 Å². The number of rotatable bonds is 6. The highest BCUT2D eigenvalue weighted by Crippen LogP contribution is 2.37. The summed E-state index contributed by atoms with van der Waals surface area (Å²) in [5.41, 5.74) is 1.84. The number of esters is 1. The first-order valence-electron chi connectivity index (χ1n) is 9.99. The van der Waals surface area contributed by atoms with E-state index in [4.69, 9.17) is 14.2 Å². The lowest BCUT2D eigenvalue weighted by molar-refractivity contribution is -0.148. The predicted octanol–water partition coefficient (Wildman–Crippen LogP) is 2.59. The Hall–Kier alpha value is -3.36. The average molecular weight is 411 g/mol. The lowest BCUT2D eigenvalue weighted by Gasteiger charge is -2.33. The number of hydrogen-bond acceptors (Lipinski definition) is 8. The summed E-state index contributed by atoms with van der Waals surface area (Å²) in [7, 11) is 3.22. The van der Waals surface area contributed by atoms with E-state index in [0.717, 1.165) is 29.8 Å². The normalized spacial score (nSPS) is 14.7. The van der Waals surface area contributed by atoms with Gasteiger partial charge in [0.05, 0.1) is 26.7 Å². The quantitative estimate of drug-likeness (QED) is 0.572. The van der Waals surface area contributed by atoms with E-state index in [1.54, 1.807) is 24.9 Å². The Morgan fingerprint density at radius 3 is 2.60 bits per heavy atom. The van der Waals surface area contributed by atoms with E-state index in [1.165, 1.54) is 6.33 Å². The topological polar surface area (TPSA) is 91.1 Å². The van der Waals surface area contributed by atoms with Crippen LogP contribution in [-0.4, -0.2) is 59.5 Å². The van der Waals surface area contributed by atoms with E-state index in [1.807, 2.05) is 25.1 Å². The number of carbonyl (C=O) groups is 1. The van der Waals surface area contributed by atoms with E-state index >= 15 is 0 Å². The van der Waals surface area contributed by atoms with Crippen molar-refractivity contribution < 1.29 is 19.0 Å². The Balaban J connectivity index is 1.71. The Kier molecular flexibility index (Phi) is 5.69. The van der Waals surface area contributed by atoms with Gasteiger partial charge in [0.1, 0.15) is 12.1 Å². The van der Waals surface area contributed by atoms with Gasteiger partial charge in [0.15, 0.2) is 11.5 Å². The van der Waals surface area contributed by atoms with Gasteiger partial charge in [-0.3, -0.25) is 4.79 Å². The molecule has 0 radical (unpaired) electrons. The van der Waals surface area contributed by atoms with Crippen LogP contribution in [-0.2, 0) is 9.53 Å². The monoisotopic (exact) mass is 411 g/mol. The molecule has 1 aliphatic rings. The van der Waals surface area contributed by atoms with Gasteiger partial charge in [-0.2, -0.15) is 14.6 Å². The molecule has 1 saturated heterocycles. The molecular weight excluding hydrogens is 386 g/mol. The zero-order chi connectivity index (χ0) is 21.1. The number of fused-ring (bicyclic) bond motifs is 1. The minimum Gasteiger partial charge on any atom is -0.493 e. The fourth-order valence-corrected chi connectivity index (χ4v) is 3.87. The van der Waals surface area contributed by atoms with Crippen LogP contribution < -0.4 is 14.4 Å². The molecule has 0 bridgehead atoms. The van der Waals surface area contributed by atoms with E-state index < -0.39 is 0 Å². The number of carbonyl (C=O) groups excluding carboxylic acids is 1. The number of anilines is 1. The van der Waals surface area contributed by atoms with E-state index in [2.05, 4.69) is 20.0 Å². The molecule has 2 aromatic heterocycles. The molecule has 1 aromatic carbocycles. The summed E-state index contributed by atoms with van der Waals surface area (Å²) in [4.78, 5) is 23.0. The van der Waals surface area contributed by atoms with Gasteiger partial charge in [0, 0.05) is 24.8 Å². The maximum Gasteiger partial charge on any atom is 0.309 e. The molecule has 3 heterocycles. The van der Waals surface area contributed by atoms with E-state index in [9.17, 15) is 4.79 Å². The lowest BCUT2D eigenvalue weighted by Crippen LogP contribution is -2.38. The minimum atomic E-state index is -0.113. The van der Waals surface area contributed by atoms with Crippen LogP contribution in [0.1, 0.15) is 19.8 Å². The van der Waals surface area contributed by atoms with Gasteiger partial charge in [0.2, 0.25) is 0 Å². The average Bonchev–Trinajstić information content (AvgIpc) is 3.27. The van der Waals surface area contributed by atoms with Crippen molar-refractivity contribution in [1.82, 2.24) is 19.6 Å². The van der Waals surface area contributed by atoms with Crippen LogP contribution >= 0.6 is 0 Å². The maximum atomic E-state index is 12.1. The molecule has 0 spiro atoms. The van der Waals surface area contributed by atoms with Gasteiger partial charge in [-0.05, 0) is 37.5 Å². The molecule has 30 heavy (non-hydrogen) atoms. The molecule has 0 saturated carbocycles. The number of methoxy groups -OCH3 is 2. The van der Waals surface area contributed by atoms with Gasteiger partial charge in [0.25, 0.3) is 5.78 Å². The smallest absolute Gasteiger partial charge is 0.309 e. The van der Waals surface area contributed by atoms with Gasteiger partial charge >= 0.3 is 5.97 Å². The largest absolute Gasteiger partial charge is 0.493 e. The maximum absolute atomic E-state index is 12.1. The van der Waals surface area contributed by atoms with Crippen molar-refractivity contribution in [3.05, 3.63) is 30.7 Å². The third-order valence-electron chi connectivity index (χ3n) is 5.39. The number of piperidine rings is 1. The third kappa shape index (κ3) is 3.62. The first-order chi connectivity index (χ1) is 14.7. The number of benzene rings is 1. The van der Waals surface area contributed by atoms with Crippen LogP contribution in [0.4, 0.5) is 5.82 Å². The molecule has 0 N–H and O–H groups in total. The summed E-state index contributed by atoms with van der Waals surface area (Å²) in [5.74, 6) is 2.54. The molecule has 1 fully saturated rings. The molecule has 0 amide bonds. The van der Waals surface area contributed by atoms with Crippen molar-refractivity contribution in [2.75, 3.05) is 38.8 Å². The van der Waals surface area contributed by atoms with Crippen molar-refractivity contribution in [2.45, 2.75) is 19.8 Å². The van der Waals surface area contributed by atoms with Crippen LogP contribution in [0.25, 0.3) is 16.9 Å². The van der Waals surface area contributed by atoms with Crippen LogP contribution in [0.5, 0.6) is 11.5 Å². The second-order valence-corrected chi connectivity index (χ2v) is 7.05. The predicted molar refractivity (Wildman–Crippen MR) is 111 cm³/mol. The summed E-state index contributed by atoms with van der Waals surface area (Å²) in [6, 6.07) is 5.76. The first kappa shape index (κ1) is 19.9. The van der Waals surface area contributed by atoms with Gasteiger partial charge in [-0.15, -0.1) is 0 Å². The number of hydrogen-bond donors (Lipinski definition) is 0. The zero-order valence-corrected chi connectivity index (χ0v) is 17.4. The van der Waals surface area contributed by atoms with Gasteiger partial charge < -0.3 is 19.1 Å². The Bertz CT molecular complexity index is 1040. The van der Waals surface area contributed by atoms with Gasteiger partial charge in [-0.1, -0.05) is 6.07 Å². The molecule has 9 nitrogen and oxygen atoms in total. The van der Waals surface area contributed by atoms with Crippen LogP contribution in [0.3, 0.4) is 0 Å². The zero-order valence-electron chi connectivity index (χ0n) is 17.4. The highest BCUT2D eigenvalue weighted by atomic mass is 16.5. The molecule has 1 aliphatic heterocycles. The second-order valence-electron chi connectivity index (χ2n) is 7.05. The molecule has 158 valence electrons. The van der Waals surface area contributed by atoms with Crippen LogP contribution in [0, 0.1) is 5.92 Å². The number of nitrogens with zero attached hydrogens (tertiary/aromatic N) is 5. The molecule has 0 unspecified atom stereocenters. The molecule has 0 atom stereocenters. The van der Waals surface area contributed by atoms with Crippen molar-refractivity contribution in [2.24, 2.45) is 5.92 Å². The molecule has 9 heteroatoms. The van der Waals surface area contributed by atoms with Crippen molar-refractivity contribution in [3.63, 3.8) is 0 Å². The van der Waals surface area contributed by atoms with E-state index in [0.29, 0.717) is 37.0 Å². The lowest BCUT2D eigenvalue weighted by atomic mass is 9.96. The standard InChI is InChI=1S/C21H25N5O4/c1-4-30-20(27)14-7-9-25(10-8-14)19-16(12-22-21-23-13-24-26(19)21)15-5-6-17(28-2)18(11-15)29-3/h5-6,11-14H,4,7-10H2,1-3H3. The first-order valence-corrected chi connectivity index (χ1v) is 9.99. The summed E-state index contributed by atoms with van der Waals surface area (Å²) in [6.07, 6.45) is 4.75. The summed E-state index contributed by atoms with van der Waals surface area (Å²) >= 11 is 0. The van der Waals surface area contributed by atoms with Gasteiger partial charge in [-0.25, -0.2) is 4.98 Å². The third-order valence-corrected chi connectivity index (χ3v) is 5.39. The number of aromatic nitrogens is 4. The SMILES string of the molecule is CCOC(=O)C1CCN(c2c(-c3ccc(OC)c(OC)c3)cnc3ncnn23)CC1. The van der Waals surface area contributed by atoms with Crippen molar-refractivity contribution in [3.8, 4) is 22.6 Å². The van der Waals surface area contributed by atoms with Crippen LogP contribution in [0.15, 0.2) is 30.7 Å².